The molecule has 3 aromatic heterocycles. The van der Waals surface area contributed by atoms with Gasteiger partial charge in [0, 0.05) is 10.9 Å². The van der Waals surface area contributed by atoms with E-state index in [1.807, 2.05) is 0 Å². The molecule has 0 radical (unpaired) electrons. The van der Waals surface area contributed by atoms with Crippen LogP contribution in [-0.2, 0) is 12.8 Å². The molecule has 0 N–H and O–H groups in total. The van der Waals surface area contributed by atoms with Crippen molar-refractivity contribution in [3.8, 4) is 11.3 Å². The molecular formula is C21H16N4O4S. The molecular weight excluding hydrogens is 404 g/mol. The third kappa shape index (κ3) is 3.13. The first-order chi connectivity index (χ1) is 14.6. The lowest BCUT2D eigenvalue weighted by atomic mass is 9.97. The van der Waals surface area contributed by atoms with Crippen LogP contribution in [0.4, 0.5) is 5.69 Å². The summed E-state index contributed by atoms with van der Waals surface area (Å²) < 4.78 is 6.90. The van der Waals surface area contributed by atoms with Gasteiger partial charge in [-0.1, -0.05) is 12.1 Å². The van der Waals surface area contributed by atoms with E-state index in [0.29, 0.717) is 22.5 Å². The van der Waals surface area contributed by atoms with Crippen LogP contribution in [0.1, 0.15) is 29.0 Å². The fourth-order valence-electron chi connectivity index (χ4n) is 3.75. The molecule has 0 unspecified atom stereocenters. The van der Waals surface area contributed by atoms with Crippen LogP contribution < -0.4 is 5.56 Å². The van der Waals surface area contributed by atoms with Crippen LogP contribution in [0.5, 0.6) is 0 Å². The summed E-state index contributed by atoms with van der Waals surface area (Å²) in [6.45, 7) is 0. The maximum Gasteiger partial charge on any atom is 0.282 e. The minimum Gasteiger partial charge on any atom is -0.455 e. The van der Waals surface area contributed by atoms with Gasteiger partial charge in [0.25, 0.3) is 11.2 Å². The maximum atomic E-state index is 12.9. The number of rotatable bonds is 4. The normalized spacial score (nSPS) is 13.7. The van der Waals surface area contributed by atoms with E-state index in [0.717, 1.165) is 36.1 Å². The molecule has 0 atom stereocenters. The molecule has 0 aliphatic heterocycles. The van der Waals surface area contributed by atoms with Gasteiger partial charge in [0.2, 0.25) is 0 Å². The molecule has 0 amide bonds. The van der Waals surface area contributed by atoms with Gasteiger partial charge < -0.3 is 4.42 Å². The lowest BCUT2D eigenvalue weighted by molar-refractivity contribution is -0.384. The van der Waals surface area contributed by atoms with Crippen molar-refractivity contribution in [3.05, 3.63) is 79.4 Å². The van der Waals surface area contributed by atoms with E-state index in [4.69, 9.17) is 4.42 Å². The maximum absolute atomic E-state index is 12.9. The summed E-state index contributed by atoms with van der Waals surface area (Å²) in [5.74, 6) is 0.735. The first-order valence-electron chi connectivity index (χ1n) is 9.52. The number of thiophene rings is 1. The van der Waals surface area contributed by atoms with Gasteiger partial charge >= 0.3 is 0 Å². The zero-order valence-corrected chi connectivity index (χ0v) is 16.6. The Morgan fingerprint density at radius 1 is 1.20 bits per heavy atom. The molecule has 0 saturated heterocycles. The van der Waals surface area contributed by atoms with Crippen molar-refractivity contribution in [1.29, 1.82) is 0 Å². The van der Waals surface area contributed by atoms with Crippen LogP contribution in [0, 0.1) is 10.1 Å². The van der Waals surface area contributed by atoms with E-state index in [-0.39, 0.29) is 11.2 Å². The van der Waals surface area contributed by atoms with Gasteiger partial charge in [-0.3, -0.25) is 14.9 Å². The highest BCUT2D eigenvalue weighted by atomic mass is 32.1. The van der Waals surface area contributed by atoms with Crippen molar-refractivity contribution in [3.63, 3.8) is 0 Å². The highest BCUT2D eigenvalue weighted by Gasteiger charge is 2.20. The summed E-state index contributed by atoms with van der Waals surface area (Å²) in [6, 6.07) is 9.65. The van der Waals surface area contributed by atoms with Gasteiger partial charge in [-0.05, 0) is 49.4 Å². The van der Waals surface area contributed by atoms with E-state index < -0.39 is 4.92 Å². The Kier molecular flexibility index (Phi) is 4.51. The van der Waals surface area contributed by atoms with Crippen LogP contribution in [-0.4, -0.2) is 20.8 Å². The average molecular weight is 420 g/mol. The Balaban J connectivity index is 1.48. The van der Waals surface area contributed by atoms with Gasteiger partial charge in [-0.2, -0.15) is 9.78 Å². The van der Waals surface area contributed by atoms with Gasteiger partial charge in [0.1, 0.15) is 22.7 Å². The monoisotopic (exact) mass is 420 g/mol. The van der Waals surface area contributed by atoms with Gasteiger partial charge in [0.05, 0.1) is 22.1 Å². The number of aryl methyl sites for hydroxylation is 2. The standard InChI is InChI=1S/C21H16N4O4S/c26-21-19-15-6-2-4-8-18(15)30-20(19)22-12-24(21)23-11-13-9-10-17(29-13)14-5-1-3-7-16(14)25(27)28/h1,3,5,7,9-12H,2,4,6,8H2/b23-11-. The van der Waals surface area contributed by atoms with Crippen molar-refractivity contribution in [1.82, 2.24) is 9.66 Å². The number of hydrogen-bond acceptors (Lipinski definition) is 7. The Morgan fingerprint density at radius 3 is 2.90 bits per heavy atom. The lowest BCUT2D eigenvalue weighted by Crippen LogP contribution is -2.17. The number of nitrogens with zero attached hydrogens (tertiary/aromatic N) is 4. The second kappa shape index (κ2) is 7.34. The summed E-state index contributed by atoms with van der Waals surface area (Å²) in [7, 11) is 0. The van der Waals surface area contributed by atoms with Crippen LogP contribution in [0.25, 0.3) is 21.5 Å². The lowest BCUT2D eigenvalue weighted by Gasteiger charge is -2.09. The summed E-state index contributed by atoms with van der Waals surface area (Å²) in [5.41, 5.74) is 1.26. The molecule has 4 aromatic rings. The van der Waals surface area contributed by atoms with Crippen molar-refractivity contribution >= 4 is 33.5 Å². The molecule has 1 aliphatic carbocycles. The molecule has 1 aliphatic rings. The Labute approximate surface area is 174 Å². The molecule has 0 bridgehead atoms. The van der Waals surface area contributed by atoms with Crippen LogP contribution in [0.15, 0.2) is 57.0 Å². The molecule has 8 nitrogen and oxygen atoms in total. The minimum absolute atomic E-state index is 0.0385. The quantitative estimate of drug-likeness (QED) is 0.277. The highest BCUT2D eigenvalue weighted by molar-refractivity contribution is 7.18. The minimum atomic E-state index is -0.451. The predicted octanol–water partition coefficient (Wildman–Crippen LogP) is 4.39. The second-order valence-electron chi connectivity index (χ2n) is 7.01. The average Bonchev–Trinajstić information content (AvgIpc) is 3.38. The van der Waals surface area contributed by atoms with Gasteiger partial charge in [-0.25, -0.2) is 4.98 Å². The third-order valence-electron chi connectivity index (χ3n) is 5.16. The highest BCUT2D eigenvalue weighted by Crippen LogP contribution is 2.33. The van der Waals surface area contributed by atoms with Crippen molar-refractivity contribution in [2.75, 3.05) is 0 Å². The van der Waals surface area contributed by atoms with Crippen LogP contribution in [0.2, 0.25) is 0 Å². The number of fused-ring (bicyclic) bond motifs is 3. The molecule has 30 heavy (non-hydrogen) atoms. The molecule has 0 fully saturated rings. The Morgan fingerprint density at radius 2 is 2.03 bits per heavy atom. The van der Waals surface area contributed by atoms with Crippen molar-refractivity contribution in [2.45, 2.75) is 25.7 Å². The SMILES string of the molecule is O=c1c2c3c(sc2ncn1/N=C\c1ccc(-c2ccccc2[N+](=O)[O-])o1)CCCC3. The molecule has 5 rings (SSSR count). The number of hydrogen-bond donors (Lipinski definition) is 0. The Bertz CT molecular complexity index is 1370. The zero-order valence-electron chi connectivity index (χ0n) is 15.8. The Hall–Kier alpha value is -3.59. The van der Waals surface area contributed by atoms with Gasteiger partial charge in [-0.15, -0.1) is 11.3 Å². The fourth-order valence-corrected chi connectivity index (χ4v) is 4.97. The summed E-state index contributed by atoms with van der Waals surface area (Å²) in [4.78, 5) is 30.1. The van der Waals surface area contributed by atoms with Gasteiger partial charge in [0.15, 0.2) is 0 Å². The smallest absolute Gasteiger partial charge is 0.282 e. The van der Waals surface area contributed by atoms with Crippen molar-refractivity contribution in [2.24, 2.45) is 5.10 Å². The van der Waals surface area contributed by atoms with Crippen molar-refractivity contribution < 1.29 is 9.34 Å². The second-order valence-corrected chi connectivity index (χ2v) is 8.09. The fraction of sp³-hybridized carbons (Fsp3) is 0.190. The molecule has 0 saturated carbocycles. The predicted molar refractivity (Wildman–Crippen MR) is 114 cm³/mol. The van der Waals surface area contributed by atoms with E-state index in [2.05, 4.69) is 10.1 Å². The molecule has 0 spiro atoms. The van der Waals surface area contributed by atoms with E-state index in [1.54, 1.807) is 41.7 Å². The van der Waals surface area contributed by atoms with Crippen LogP contribution >= 0.6 is 11.3 Å². The van der Waals surface area contributed by atoms with E-state index >= 15 is 0 Å². The molecule has 1 aromatic carbocycles. The summed E-state index contributed by atoms with van der Waals surface area (Å²) >= 11 is 1.59. The van der Waals surface area contributed by atoms with E-state index in [1.165, 1.54) is 28.2 Å². The number of nitro groups is 1. The summed E-state index contributed by atoms with van der Waals surface area (Å²) in [6.07, 6.45) is 6.95. The number of benzene rings is 1. The number of para-hydroxylation sites is 1. The van der Waals surface area contributed by atoms with Crippen LogP contribution in [0.3, 0.4) is 0 Å². The number of furan rings is 1. The molecule has 3 heterocycles. The zero-order chi connectivity index (χ0) is 20.7. The van der Waals surface area contributed by atoms with E-state index in [9.17, 15) is 14.9 Å². The first kappa shape index (κ1) is 18.4. The first-order valence-corrected chi connectivity index (χ1v) is 10.3. The summed E-state index contributed by atoms with van der Waals surface area (Å²) in [5, 5.41) is 16.1. The molecule has 150 valence electrons. The largest absolute Gasteiger partial charge is 0.455 e. The number of aromatic nitrogens is 2. The molecule has 9 heteroatoms. The number of nitro benzene ring substituents is 1. The topological polar surface area (TPSA) is 104 Å². The third-order valence-corrected chi connectivity index (χ3v) is 6.36.